The largest absolute Gasteiger partial charge is 0.383 e. The van der Waals surface area contributed by atoms with E-state index in [-0.39, 0.29) is 6.04 Å². The Kier molecular flexibility index (Phi) is 8.88. The van der Waals surface area contributed by atoms with Crippen LogP contribution in [0.25, 0.3) is 0 Å². The average Bonchev–Trinajstić information content (AvgIpc) is 2.28. The van der Waals surface area contributed by atoms with Gasteiger partial charge in [0, 0.05) is 27.3 Å². The molecule has 0 heterocycles. The van der Waals surface area contributed by atoms with Crippen molar-refractivity contribution in [3.63, 3.8) is 0 Å². The Balaban J connectivity index is 4.54. The molecule has 0 aliphatic heterocycles. The Hall–Kier alpha value is -0.850. The van der Waals surface area contributed by atoms with E-state index in [1.165, 1.54) is 0 Å². The van der Waals surface area contributed by atoms with Crippen LogP contribution in [0, 0.1) is 0 Å². The summed E-state index contributed by atoms with van der Waals surface area (Å²) in [6, 6.07) is 0.196. The third-order valence-corrected chi connectivity index (χ3v) is 2.19. The van der Waals surface area contributed by atoms with Crippen LogP contribution in [0.5, 0.6) is 0 Å². The maximum atomic E-state index is 5.46. The average molecular weight is 232 g/mol. The van der Waals surface area contributed by atoms with Crippen molar-refractivity contribution in [1.82, 2.24) is 10.3 Å². The summed E-state index contributed by atoms with van der Waals surface area (Å²) >= 11 is 0. The Morgan fingerprint density at radius 1 is 1.44 bits per heavy atom. The third-order valence-electron chi connectivity index (χ3n) is 2.19. The molecular formula is C10H24N4O2. The summed E-state index contributed by atoms with van der Waals surface area (Å²) in [7, 11) is 3.35. The Labute approximate surface area is 97.8 Å². The first kappa shape index (κ1) is 15.2. The van der Waals surface area contributed by atoms with E-state index < -0.39 is 0 Å². The summed E-state index contributed by atoms with van der Waals surface area (Å²) in [5, 5.41) is 0. The smallest absolute Gasteiger partial charge is 0.208 e. The van der Waals surface area contributed by atoms with Crippen molar-refractivity contribution in [3.8, 4) is 0 Å². The van der Waals surface area contributed by atoms with Gasteiger partial charge in [-0.1, -0.05) is 0 Å². The molecule has 96 valence electrons. The van der Waals surface area contributed by atoms with Crippen molar-refractivity contribution in [2.75, 3.05) is 40.5 Å². The summed E-state index contributed by atoms with van der Waals surface area (Å²) in [4.78, 5) is 6.33. The quantitative estimate of drug-likeness (QED) is 0.275. The second-order valence-corrected chi connectivity index (χ2v) is 3.43. The monoisotopic (exact) mass is 232 g/mol. The van der Waals surface area contributed by atoms with Crippen LogP contribution in [-0.4, -0.2) is 57.4 Å². The standard InChI is InChI=1S/C10H24N4O2/c1-5-12-10(13-11)14(6-7-15-3)9(2)8-16-4/h9H,5-8,11H2,1-4H3,(H,12,13). The number of nitrogens with two attached hydrogens (primary N) is 1. The van der Waals surface area contributed by atoms with Crippen LogP contribution in [0.2, 0.25) is 0 Å². The van der Waals surface area contributed by atoms with Crippen LogP contribution >= 0.6 is 0 Å². The molecule has 0 aromatic carbocycles. The normalized spacial score (nSPS) is 13.7. The number of rotatable bonds is 7. The zero-order chi connectivity index (χ0) is 12.4. The number of aliphatic imine (C=N–C) groups is 1. The van der Waals surface area contributed by atoms with Crippen LogP contribution in [0.4, 0.5) is 0 Å². The number of hydrogen-bond donors (Lipinski definition) is 2. The minimum atomic E-state index is 0.196. The van der Waals surface area contributed by atoms with Gasteiger partial charge in [-0.15, -0.1) is 0 Å². The lowest BCUT2D eigenvalue weighted by atomic mass is 10.3. The summed E-state index contributed by atoms with van der Waals surface area (Å²) in [5.74, 6) is 6.13. The number of nitrogens with one attached hydrogen (secondary N) is 1. The highest BCUT2D eigenvalue weighted by Crippen LogP contribution is 2.00. The van der Waals surface area contributed by atoms with E-state index in [1.54, 1.807) is 14.2 Å². The highest BCUT2D eigenvalue weighted by Gasteiger charge is 2.16. The molecule has 0 aromatic rings. The topological polar surface area (TPSA) is 72.1 Å². The molecule has 0 spiro atoms. The number of methoxy groups -OCH3 is 2. The van der Waals surface area contributed by atoms with Gasteiger partial charge in [-0.2, -0.15) is 0 Å². The van der Waals surface area contributed by atoms with E-state index in [0.29, 0.717) is 25.7 Å². The van der Waals surface area contributed by atoms with Crippen molar-refractivity contribution >= 4 is 5.96 Å². The van der Waals surface area contributed by atoms with E-state index >= 15 is 0 Å². The molecule has 0 amide bonds. The number of hydrazine groups is 1. The molecule has 16 heavy (non-hydrogen) atoms. The van der Waals surface area contributed by atoms with Gasteiger partial charge >= 0.3 is 0 Å². The van der Waals surface area contributed by atoms with E-state index in [1.807, 2.05) is 11.8 Å². The highest BCUT2D eigenvalue weighted by molar-refractivity contribution is 5.79. The second-order valence-electron chi connectivity index (χ2n) is 3.43. The van der Waals surface area contributed by atoms with Gasteiger partial charge in [0.2, 0.25) is 5.96 Å². The van der Waals surface area contributed by atoms with Crippen molar-refractivity contribution in [3.05, 3.63) is 0 Å². The molecule has 0 aliphatic rings. The maximum Gasteiger partial charge on any atom is 0.208 e. The maximum absolute atomic E-state index is 5.46. The molecule has 0 rings (SSSR count). The predicted octanol–water partition coefficient (Wildman–Crippen LogP) is -0.191. The first-order valence-corrected chi connectivity index (χ1v) is 5.46. The van der Waals surface area contributed by atoms with E-state index in [2.05, 4.69) is 17.3 Å². The lowest BCUT2D eigenvalue weighted by molar-refractivity contribution is 0.111. The fourth-order valence-corrected chi connectivity index (χ4v) is 1.42. The molecule has 0 aliphatic carbocycles. The molecule has 6 heteroatoms. The first-order chi connectivity index (χ1) is 7.71. The molecule has 0 bridgehead atoms. The van der Waals surface area contributed by atoms with Crippen LogP contribution in [0.3, 0.4) is 0 Å². The predicted molar refractivity (Wildman–Crippen MR) is 65.2 cm³/mol. The van der Waals surface area contributed by atoms with Gasteiger partial charge in [-0.05, 0) is 13.8 Å². The van der Waals surface area contributed by atoms with E-state index in [4.69, 9.17) is 15.3 Å². The zero-order valence-electron chi connectivity index (χ0n) is 10.7. The van der Waals surface area contributed by atoms with Gasteiger partial charge in [0.15, 0.2) is 0 Å². The molecule has 0 aromatic heterocycles. The lowest BCUT2D eigenvalue weighted by Crippen LogP contribution is -2.51. The van der Waals surface area contributed by atoms with Crippen LogP contribution in [0.1, 0.15) is 13.8 Å². The summed E-state index contributed by atoms with van der Waals surface area (Å²) < 4.78 is 10.2. The molecule has 6 nitrogen and oxygen atoms in total. The molecule has 0 saturated heterocycles. The molecule has 0 saturated carbocycles. The number of nitrogens with zero attached hydrogens (tertiary/aromatic N) is 2. The second kappa shape index (κ2) is 9.38. The molecule has 0 fully saturated rings. The molecule has 0 radical (unpaired) electrons. The Morgan fingerprint density at radius 2 is 2.12 bits per heavy atom. The summed E-state index contributed by atoms with van der Waals surface area (Å²) in [6.45, 7) is 6.67. The zero-order valence-corrected chi connectivity index (χ0v) is 10.7. The lowest BCUT2D eigenvalue weighted by Gasteiger charge is -2.30. The Bertz CT molecular complexity index is 199. The number of guanidine groups is 1. The number of ether oxygens (including phenoxy) is 2. The van der Waals surface area contributed by atoms with Crippen LogP contribution in [0.15, 0.2) is 4.99 Å². The summed E-state index contributed by atoms with van der Waals surface area (Å²) in [5.41, 5.74) is 2.62. The molecule has 1 unspecified atom stereocenters. The molecule has 3 N–H and O–H groups in total. The van der Waals surface area contributed by atoms with E-state index in [9.17, 15) is 0 Å². The SMILES string of the molecule is CCN=C(NN)N(CCOC)C(C)COC. The highest BCUT2D eigenvalue weighted by atomic mass is 16.5. The van der Waals surface area contributed by atoms with Gasteiger partial charge in [0.05, 0.1) is 19.3 Å². The fourth-order valence-electron chi connectivity index (χ4n) is 1.42. The third kappa shape index (κ3) is 5.29. The Morgan fingerprint density at radius 3 is 2.56 bits per heavy atom. The minimum Gasteiger partial charge on any atom is -0.383 e. The number of hydrogen-bond acceptors (Lipinski definition) is 4. The fraction of sp³-hybridized carbons (Fsp3) is 0.900. The van der Waals surface area contributed by atoms with Gasteiger partial charge in [0.1, 0.15) is 0 Å². The van der Waals surface area contributed by atoms with Gasteiger partial charge < -0.3 is 14.4 Å². The van der Waals surface area contributed by atoms with Crippen molar-refractivity contribution in [2.24, 2.45) is 10.8 Å². The molecule has 1 atom stereocenters. The first-order valence-electron chi connectivity index (χ1n) is 5.46. The van der Waals surface area contributed by atoms with Crippen molar-refractivity contribution in [1.29, 1.82) is 0 Å². The van der Waals surface area contributed by atoms with Gasteiger partial charge in [-0.25, -0.2) is 5.84 Å². The molecular weight excluding hydrogens is 208 g/mol. The van der Waals surface area contributed by atoms with Gasteiger partial charge in [0.25, 0.3) is 0 Å². The van der Waals surface area contributed by atoms with Crippen molar-refractivity contribution in [2.45, 2.75) is 19.9 Å². The van der Waals surface area contributed by atoms with Crippen LogP contribution < -0.4 is 11.3 Å². The van der Waals surface area contributed by atoms with E-state index in [0.717, 1.165) is 6.54 Å². The summed E-state index contributed by atoms with van der Waals surface area (Å²) in [6.07, 6.45) is 0. The van der Waals surface area contributed by atoms with Crippen molar-refractivity contribution < 1.29 is 9.47 Å². The van der Waals surface area contributed by atoms with Gasteiger partial charge in [-0.3, -0.25) is 10.4 Å². The minimum absolute atomic E-state index is 0.196. The van der Waals surface area contributed by atoms with Crippen LogP contribution in [-0.2, 0) is 9.47 Å².